The molecule has 0 atom stereocenters. The monoisotopic (exact) mass is 301 g/mol. The van der Waals surface area contributed by atoms with Crippen LogP contribution in [-0.2, 0) is 24.4 Å². The Morgan fingerprint density at radius 3 is 2.71 bits per heavy atom. The Balaban J connectivity index is 2.26. The number of benzene rings is 1. The molecule has 1 aromatic heterocycles. The van der Waals surface area contributed by atoms with Crippen molar-refractivity contribution in [2.45, 2.75) is 39.2 Å². The highest BCUT2D eigenvalue weighted by Crippen LogP contribution is 2.20. The molecule has 0 spiro atoms. The molecule has 2 aromatic rings. The van der Waals surface area contributed by atoms with Gasteiger partial charge >= 0.3 is 6.18 Å². The van der Waals surface area contributed by atoms with E-state index in [2.05, 4.69) is 4.98 Å². The number of halogens is 3. The predicted octanol–water partition coefficient (Wildman–Crippen LogP) is 2.98. The Bertz CT molecular complexity index is 607. The van der Waals surface area contributed by atoms with Crippen molar-refractivity contribution in [2.24, 2.45) is 5.73 Å². The Morgan fingerprint density at radius 1 is 1.33 bits per heavy atom. The van der Waals surface area contributed by atoms with Gasteiger partial charge in [-0.05, 0) is 24.1 Å². The lowest BCUT2D eigenvalue weighted by molar-refractivity contribution is -0.177. The summed E-state index contributed by atoms with van der Waals surface area (Å²) in [5.41, 5.74) is 8.15. The number of hydrogen-bond acceptors (Lipinski definition) is 3. The Labute approximate surface area is 120 Å². The largest absolute Gasteiger partial charge is 0.411 e. The smallest absolute Gasteiger partial charge is 0.364 e. The molecule has 1 heterocycles. The zero-order chi connectivity index (χ0) is 15.5. The Kier molecular flexibility index (Phi) is 4.84. The number of imidazole rings is 1. The van der Waals surface area contributed by atoms with Gasteiger partial charge in [-0.1, -0.05) is 13.0 Å². The summed E-state index contributed by atoms with van der Waals surface area (Å²) in [4.78, 5) is 4.37. The SMILES string of the molecule is CCCn1c(COCC(F)(F)F)nc2cc(CN)ccc21. The minimum atomic E-state index is -4.33. The number of fused-ring (bicyclic) bond motifs is 1. The molecule has 0 unspecified atom stereocenters. The standard InChI is InChI=1S/C14H18F3N3O/c1-2-5-20-12-4-3-10(7-18)6-11(12)19-13(20)8-21-9-14(15,16)17/h3-4,6H,2,5,7-9,18H2,1H3. The highest BCUT2D eigenvalue weighted by Gasteiger charge is 2.27. The van der Waals surface area contributed by atoms with E-state index in [1.807, 2.05) is 29.7 Å². The van der Waals surface area contributed by atoms with E-state index in [4.69, 9.17) is 10.5 Å². The lowest BCUT2D eigenvalue weighted by atomic mass is 10.2. The fourth-order valence-corrected chi connectivity index (χ4v) is 2.19. The van der Waals surface area contributed by atoms with Crippen molar-refractivity contribution in [3.05, 3.63) is 29.6 Å². The van der Waals surface area contributed by atoms with Gasteiger partial charge in [0.05, 0.1) is 11.0 Å². The van der Waals surface area contributed by atoms with Crippen molar-refractivity contribution >= 4 is 11.0 Å². The second-order valence-electron chi connectivity index (χ2n) is 4.81. The van der Waals surface area contributed by atoms with Crippen LogP contribution in [0.25, 0.3) is 11.0 Å². The van der Waals surface area contributed by atoms with E-state index in [9.17, 15) is 13.2 Å². The fourth-order valence-electron chi connectivity index (χ4n) is 2.19. The van der Waals surface area contributed by atoms with Gasteiger partial charge in [-0.3, -0.25) is 0 Å². The highest BCUT2D eigenvalue weighted by atomic mass is 19.4. The molecule has 116 valence electrons. The number of aryl methyl sites for hydroxylation is 1. The van der Waals surface area contributed by atoms with Gasteiger partial charge in [-0.15, -0.1) is 0 Å². The number of ether oxygens (including phenoxy) is 1. The molecule has 0 saturated heterocycles. The summed E-state index contributed by atoms with van der Waals surface area (Å²) in [5.74, 6) is 0.505. The van der Waals surface area contributed by atoms with Crippen LogP contribution in [0.2, 0.25) is 0 Å². The first-order chi connectivity index (χ1) is 9.94. The molecule has 0 radical (unpaired) electrons. The number of alkyl halides is 3. The Hall–Kier alpha value is -1.60. The number of nitrogens with zero attached hydrogens (tertiary/aromatic N) is 2. The first-order valence-corrected chi connectivity index (χ1v) is 6.77. The zero-order valence-corrected chi connectivity index (χ0v) is 11.8. The first kappa shape index (κ1) is 15.8. The van der Waals surface area contributed by atoms with Crippen molar-refractivity contribution in [3.8, 4) is 0 Å². The van der Waals surface area contributed by atoms with Crippen LogP contribution in [0.4, 0.5) is 13.2 Å². The van der Waals surface area contributed by atoms with E-state index >= 15 is 0 Å². The van der Waals surface area contributed by atoms with E-state index in [0.717, 1.165) is 23.0 Å². The van der Waals surface area contributed by atoms with Gasteiger partial charge < -0.3 is 15.0 Å². The minimum Gasteiger partial charge on any atom is -0.364 e. The molecular formula is C14H18F3N3O. The number of nitrogens with two attached hydrogens (primary N) is 1. The molecule has 0 amide bonds. The van der Waals surface area contributed by atoms with Crippen LogP contribution in [0.3, 0.4) is 0 Å². The van der Waals surface area contributed by atoms with Crippen molar-refractivity contribution in [1.29, 1.82) is 0 Å². The zero-order valence-electron chi connectivity index (χ0n) is 11.8. The molecule has 0 fully saturated rings. The highest BCUT2D eigenvalue weighted by molar-refractivity contribution is 5.76. The first-order valence-electron chi connectivity index (χ1n) is 6.77. The summed E-state index contributed by atoms with van der Waals surface area (Å²) < 4.78 is 43.1. The normalized spacial score (nSPS) is 12.2. The van der Waals surface area contributed by atoms with Gasteiger partial charge in [0.15, 0.2) is 0 Å². The van der Waals surface area contributed by atoms with Gasteiger partial charge in [0.25, 0.3) is 0 Å². The van der Waals surface area contributed by atoms with Gasteiger partial charge in [0, 0.05) is 13.1 Å². The molecule has 0 aliphatic carbocycles. The maximum absolute atomic E-state index is 12.1. The second-order valence-corrected chi connectivity index (χ2v) is 4.81. The Morgan fingerprint density at radius 2 is 2.10 bits per heavy atom. The minimum absolute atomic E-state index is 0.161. The quantitative estimate of drug-likeness (QED) is 0.892. The van der Waals surface area contributed by atoms with Crippen molar-refractivity contribution in [1.82, 2.24) is 9.55 Å². The summed E-state index contributed by atoms with van der Waals surface area (Å²) in [6.45, 7) is 1.66. The molecule has 7 heteroatoms. The number of rotatable bonds is 6. The summed E-state index contributed by atoms with van der Waals surface area (Å²) in [5, 5.41) is 0. The van der Waals surface area contributed by atoms with Crippen molar-refractivity contribution in [2.75, 3.05) is 6.61 Å². The van der Waals surface area contributed by atoms with Crippen LogP contribution in [0.5, 0.6) is 0 Å². The van der Waals surface area contributed by atoms with Gasteiger partial charge in [-0.25, -0.2) is 4.98 Å². The second kappa shape index (κ2) is 6.44. The predicted molar refractivity (Wildman–Crippen MR) is 73.6 cm³/mol. The molecule has 0 aliphatic heterocycles. The maximum atomic E-state index is 12.1. The van der Waals surface area contributed by atoms with Crippen LogP contribution >= 0.6 is 0 Å². The average Bonchev–Trinajstić information content (AvgIpc) is 2.75. The van der Waals surface area contributed by atoms with Crippen LogP contribution in [0, 0.1) is 0 Å². The third kappa shape index (κ3) is 3.95. The van der Waals surface area contributed by atoms with Crippen LogP contribution < -0.4 is 5.73 Å². The molecule has 2 N–H and O–H groups in total. The molecular weight excluding hydrogens is 283 g/mol. The van der Waals surface area contributed by atoms with E-state index in [1.54, 1.807) is 0 Å². The molecule has 0 bridgehead atoms. The molecule has 4 nitrogen and oxygen atoms in total. The molecule has 21 heavy (non-hydrogen) atoms. The van der Waals surface area contributed by atoms with E-state index < -0.39 is 12.8 Å². The number of aromatic nitrogens is 2. The molecule has 0 saturated carbocycles. The summed E-state index contributed by atoms with van der Waals surface area (Å²) >= 11 is 0. The maximum Gasteiger partial charge on any atom is 0.411 e. The summed E-state index contributed by atoms with van der Waals surface area (Å²) in [7, 11) is 0. The van der Waals surface area contributed by atoms with Crippen LogP contribution in [0.15, 0.2) is 18.2 Å². The van der Waals surface area contributed by atoms with Crippen molar-refractivity contribution < 1.29 is 17.9 Å². The van der Waals surface area contributed by atoms with Gasteiger partial charge in [-0.2, -0.15) is 13.2 Å². The lowest BCUT2D eigenvalue weighted by Crippen LogP contribution is -2.17. The van der Waals surface area contributed by atoms with Gasteiger partial charge in [0.1, 0.15) is 19.0 Å². The molecule has 1 aromatic carbocycles. The third-order valence-corrected chi connectivity index (χ3v) is 3.07. The fraction of sp³-hybridized carbons (Fsp3) is 0.500. The van der Waals surface area contributed by atoms with E-state index in [1.165, 1.54) is 0 Å². The van der Waals surface area contributed by atoms with Crippen LogP contribution in [-0.4, -0.2) is 22.3 Å². The average molecular weight is 301 g/mol. The van der Waals surface area contributed by atoms with Crippen molar-refractivity contribution in [3.63, 3.8) is 0 Å². The lowest BCUT2D eigenvalue weighted by Gasteiger charge is -2.10. The molecule has 2 rings (SSSR count). The van der Waals surface area contributed by atoms with E-state index in [0.29, 0.717) is 18.9 Å². The summed E-state index contributed by atoms with van der Waals surface area (Å²) in [6.07, 6.45) is -3.47. The van der Waals surface area contributed by atoms with E-state index in [-0.39, 0.29) is 6.61 Å². The summed E-state index contributed by atoms with van der Waals surface area (Å²) in [6, 6.07) is 5.65. The topological polar surface area (TPSA) is 53.1 Å². The third-order valence-electron chi connectivity index (χ3n) is 3.07. The van der Waals surface area contributed by atoms with Gasteiger partial charge in [0.2, 0.25) is 0 Å². The van der Waals surface area contributed by atoms with Crippen LogP contribution in [0.1, 0.15) is 24.7 Å². The number of hydrogen-bond donors (Lipinski definition) is 1. The molecule has 0 aliphatic rings.